The summed E-state index contributed by atoms with van der Waals surface area (Å²) in [6.45, 7) is 2.77. The molecule has 4 nitrogen and oxygen atoms in total. The molecular weight excluding hydrogens is 345 g/mol. The van der Waals surface area contributed by atoms with E-state index in [9.17, 15) is 4.79 Å². The van der Waals surface area contributed by atoms with E-state index in [0.717, 1.165) is 31.5 Å². The van der Waals surface area contributed by atoms with Gasteiger partial charge in [0.05, 0.1) is 16.6 Å². The van der Waals surface area contributed by atoms with E-state index in [4.69, 9.17) is 28.9 Å². The van der Waals surface area contributed by atoms with Crippen molar-refractivity contribution >= 4 is 41.5 Å². The summed E-state index contributed by atoms with van der Waals surface area (Å²) >= 11 is 11.9. The smallest absolute Gasteiger partial charge is 0.236 e. The second kappa shape index (κ2) is 8.94. The van der Waals surface area contributed by atoms with Crippen molar-refractivity contribution in [2.24, 2.45) is 5.73 Å². The molecule has 0 aromatic heterocycles. The molecule has 2 rings (SSSR count). The van der Waals surface area contributed by atoms with Crippen LogP contribution in [0.1, 0.15) is 18.4 Å². The number of amides is 1. The minimum Gasteiger partial charge on any atom is -0.340 e. The topological polar surface area (TPSA) is 49.6 Å². The number of halogens is 3. The zero-order chi connectivity index (χ0) is 15.4. The molecule has 1 aliphatic rings. The lowest BCUT2D eigenvalue weighted by atomic mass is 10.1. The second-order valence-corrected chi connectivity index (χ2v) is 6.43. The molecule has 0 aliphatic carbocycles. The fraction of sp³-hybridized carbons (Fsp3) is 0.533. The van der Waals surface area contributed by atoms with Crippen molar-refractivity contribution < 1.29 is 4.79 Å². The van der Waals surface area contributed by atoms with E-state index in [1.165, 1.54) is 0 Å². The van der Waals surface area contributed by atoms with E-state index in [1.807, 2.05) is 6.07 Å². The summed E-state index contributed by atoms with van der Waals surface area (Å²) in [6, 6.07) is 5.72. The molecule has 22 heavy (non-hydrogen) atoms. The van der Waals surface area contributed by atoms with Crippen LogP contribution in [0.4, 0.5) is 0 Å². The number of nitrogens with zero attached hydrogens (tertiary/aromatic N) is 2. The minimum absolute atomic E-state index is 0. The maximum absolute atomic E-state index is 12.2. The monoisotopic (exact) mass is 365 g/mol. The molecule has 0 spiro atoms. The van der Waals surface area contributed by atoms with Gasteiger partial charge in [0.15, 0.2) is 0 Å². The fourth-order valence-electron chi connectivity index (χ4n) is 2.42. The average Bonchev–Trinajstić information content (AvgIpc) is 2.45. The van der Waals surface area contributed by atoms with Crippen LogP contribution in [0.2, 0.25) is 10.0 Å². The van der Waals surface area contributed by atoms with E-state index < -0.39 is 0 Å². The average molecular weight is 367 g/mol. The van der Waals surface area contributed by atoms with Crippen molar-refractivity contribution in [3.05, 3.63) is 33.8 Å². The number of likely N-dealkylation sites (tertiary alicyclic amines) is 1. The first-order valence-electron chi connectivity index (χ1n) is 7.11. The number of hydrogen-bond acceptors (Lipinski definition) is 3. The maximum atomic E-state index is 12.2. The highest BCUT2D eigenvalue weighted by Gasteiger charge is 2.20. The molecule has 0 bridgehead atoms. The summed E-state index contributed by atoms with van der Waals surface area (Å²) in [4.78, 5) is 16.1. The molecule has 1 aliphatic heterocycles. The number of carbonyl (C=O) groups is 1. The Morgan fingerprint density at radius 1 is 1.32 bits per heavy atom. The molecule has 0 radical (unpaired) electrons. The van der Waals surface area contributed by atoms with Gasteiger partial charge in [0, 0.05) is 32.7 Å². The molecule has 0 unspecified atom stereocenters. The quantitative estimate of drug-likeness (QED) is 0.891. The number of carbonyl (C=O) groups excluding carboxylic acids is 1. The van der Waals surface area contributed by atoms with E-state index in [2.05, 4.69) is 4.90 Å². The van der Waals surface area contributed by atoms with Crippen molar-refractivity contribution in [1.29, 1.82) is 0 Å². The van der Waals surface area contributed by atoms with Crippen molar-refractivity contribution in [1.82, 2.24) is 9.80 Å². The van der Waals surface area contributed by atoms with Gasteiger partial charge in [0.1, 0.15) is 0 Å². The molecule has 0 atom stereocenters. The lowest BCUT2D eigenvalue weighted by molar-refractivity contribution is -0.131. The molecule has 2 N–H and O–H groups in total. The maximum Gasteiger partial charge on any atom is 0.236 e. The Bertz CT molecular complexity index is 505. The van der Waals surface area contributed by atoms with Crippen LogP contribution < -0.4 is 5.73 Å². The fourth-order valence-corrected chi connectivity index (χ4v) is 2.74. The largest absolute Gasteiger partial charge is 0.340 e. The second-order valence-electron chi connectivity index (χ2n) is 5.61. The Labute approximate surface area is 147 Å². The van der Waals surface area contributed by atoms with Crippen molar-refractivity contribution in [3.63, 3.8) is 0 Å². The molecule has 0 saturated carbocycles. The van der Waals surface area contributed by atoms with E-state index in [0.29, 0.717) is 23.1 Å². The van der Waals surface area contributed by atoms with Gasteiger partial charge in [-0.15, -0.1) is 12.4 Å². The summed E-state index contributed by atoms with van der Waals surface area (Å²) in [6.07, 6.45) is 1.92. The summed E-state index contributed by atoms with van der Waals surface area (Å²) in [7, 11) is 1.81. The van der Waals surface area contributed by atoms with Gasteiger partial charge in [-0.05, 0) is 30.5 Å². The summed E-state index contributed by atoms with van der Waals surface area (Å²) in [5.74, 6) is 0.108. The Morgan fingerprint density at radius 2 is 1.95 bits per heavy atom. The number of hydrogen-bond donors (Lipinski definition) is 1. The van der Waals surface area contributed by atoms with Gasteiger partial charge in [-0.2, -0.15) is 0 Å². The van der Waals surface area contributed by atoms with Crippen molar-refractivity contribution in [2.45, 2.75) is 25.4 Å². The third kappa shape index (κ3) is 5.60. The van der Waals surface area contributed by atoms with Crippen LogP contribution in [-0.4, -0.2) is 48.4 Å². The van der Waals surface area contributed by atoms with Crippen LogP contribution in [0.25, 0.3) is 0 Å². The summed E-state index contributed by atoms with van der Waals surface area (Å²) < 4.78 is 0. The first kappa shape index (κ1) is 19.5. The standard InChI is InChI=1S/C15H21Cl2N3O.ClH/c1-19(9-11-2-3-13(16)14(17)8-11)15(21)10-20-6-4-12(18)5-7-20;/h2-3,8,12H,4-7,9-10,18H2,1H3;1H. The molecule has 124 valence electrons. The van der Waals surface area contributed by atoms with E-state index >= 15 is 0 Å². The molecular formula is C15H22Cl3N3O. The predicted octanol–water partition coefficient (Wildman–Crippen LogP) is 2.80. The Balaban J connectivity index is 0.00000242. The molecule has 1 fully saturated rings. The first-order chi connectivity index (χ1) is 9.95. The SMILES string of the molecule is CN(Cc1ccc(Cl)c(Cl)c1)C(=O)CN1CCC(N)CC1.Cl. The van der Waals surface area contributed by atoms with Crippen molar-refractivity contribution in [2.75, 3.05) is 26.7 Å². The van der Waals surface area contributed by atoms with Gasteiger partial charge in [-0.1, -0.05) is 29.3 Å². The van der Waals surface area contributed by atoms with Gasteiger partial charge < -0.3 is 10.6 Å². The molecule has 1 heterocycles. The van der Waals surface area contributed by atoms with Crippen LogP contribution >= 0.6 is 35.6 Å². The summed E-state index contributed by atoms with van der Waals surface area (Å²) in [5.41, 5.74) is 6.84. The number of rotatable bonds is 4. The van der Waals surface area contributed by atoms with E-state index in [-0.39, 0.29) is 24.4 Å². The normalized spacial score (nSPS) is 16.2. The van der Waals surface area contributed by atoms with Gasteiger partial charge >= 0.3 is 0 Å². The van der Waals surface area contributed by atoms with Gasteiger partial charge in [0.2, 0.25) is 5.91 Å². The van der Waals surface area contributed by atoms with Crippen LogP contribution in [0.5, 0.6) is 0 Å². The first-order valence-corrected chi connectivity index (χ1v) is 7.87. The lowest BCUT2D eigenvalue weighted by Crippen LogP contribution is -2.44. The van der Waals surface area contributed by atoms with Gasteiger partial charge in [0.25, 0.3) is 0 Å². The van der Waals surface area contributed by atoms with Crippen molar-refractivity contribution in [3.8, 4) is 0 Å². The summed E-state index contributed by atoms with van der Waals surface area (Å²) in [5, 5.41) is 1.04. The third-order valence-corrected chi connectivity index (χ3v) is 4.56. The molecule has 1 aromatic rings. The zero-order valence-corrected chi connectivity index (χ0v) is 14.9. The highest BCUT2D eigenvalue weighted by Crippen LogP contribution is 2.23. The molecule has 1 amide bonds. The lowest BCUT2D eigenvalue weighted by Gasteiger charge is -2.30. The Kier molecular flexibility index (Phi) is 7.94. The van der Waals surface area contributed by atoms with E-state index in [1.54, 1.807) is 24.1 Å². The van der Waals surface area contributed by atoms with Crippen LogP contribution in [0.3, 0.4) is 0 Å². The van der Waals surface area contributed by atoms with Crippen LogP contribution in [-0.2, 0) is 11.3 Å². The zero-order valence-electron chi connectivity index (χ0n) is 12.6. The number of benzene rings is 1. The highest BCUT2D eigenvalue weighted by molar-refractivity contribution is 6.42. The molecule has 1 saturated heterocycles. The number of piperidine rings is 1. The molecule has 7 heteroatoms. The predicted molar refractivity (Wildman–Crippen MR) is 93.8 cm³/mol. The minimum atomic E-state index is 0. The highest BCUT2D eigenvalue weighted by atomic mass is 35.5. The Hall–Kier alpha value is -0.520. The number of nitrogens with two attached hydrogens (primary N) is 1. The van der Waals surface area contributed by atoms with Crippen LogP contribution in [0.15, 0.2) is 18.2 Å². The van der Waals surface area contributed by atoms with Crippen LogP contribution in [0, 0.1) is 0 Å². The third-order valence-electron chi connectivity index (χ3n) is 3.82. The number of likely N-dealkylation sites (N-methyl/N-ethyl adjacent to an activating group) is 1. The van der Waals surface area contributed by atoms with Gasteiger partial charge in [-0.3, -0.25) is 9.69 Å². The van der Waals surface area contributed by atoms with Gasteiger partial charge in [-0.25, -0.2) is 0 Å². The Morgan fingerprint density at radius 3 is 2.55 bits per heavy atom. The molecule has 1 aromatic carbocycles.